The van der Waals surface area contributed by atoms with E-state index in [0.717, 1.165) is 77.2 Å². The van der Waals surface area contributed by atoms with Crippen molar-refractivity contribution >= 4 is 43.6 Å². The van der Waals surface area contributed by atoms with Crippen LogP contribution >= 0.6 is 0 Å². The molecule has 2 heterocycles. The highest BCUT2D eigenvalue weighted by Gasteiger charge is 2.20. The van der Waals surface area contributed by atoms with Gasteiger partial charge >= 0.3 is 0 Å². The summed E-state index contributed by atoms with van der Waals surface area (Å²) in [4.78, 5) is 0. The molecule has 0 atom stereocenters. The maximum Gasteiger partial charge on any atom is 0.101 e. The molecule has 7 aromatic carbocycles. The largest absolute Gasteiger partial charge is 0.309 e. The third-order valence-corrected chi connectivity index (χ3v) is 9.65. The minimum absolute atomic E-state index is 0.570. The molecule has 0 amide bonds. The van der Waals surface area contributed by atoms with Gasteiger partial charge in [0.2, 0.25) is 0 Å². The molecule has 9 aromatic rings. The molecule has 0 unspecified atom stereocenters. The molecule has 2 aromatic heterocycles. The Morgan fingerprint density at radius 1 is 0.400 bits per heavy atom. The first-order chi connectivity index (χ1) is 24.7. The van der Waals surface area contributed by atoms with Crippen LogP contribution < -0.4 is 0 Å². The van der Waals surface area contributed by atoms with Gasteiger partial charge in [-0.25, -0.2) is 0 Å². The van der Waals surface area contributed by atoms with Crippen LogP contribution in [0, 0.1) is 34.0 Å². The Hall–Kier alpha value is -7.39. The van der Waals surface area contributed by atoms with Crippen LogP contribution in [0.2, 0.25) is 0 Å². The second-order valence-electron chi connectivity index (χ2n) is 12.3. The van der Waals surface area contributed by atoms with E-state index in [1.54, 1.807) is 0 Å². The Labute approximate surface area is 287 Å². The fraction of sp³-hybridized carbons (Fsp3) is 0. The average molecular weight is 636 g/mol. The Morgan fingerprint density at radius 2 is 1.04 bits per heavy atom. The van der Waals surface area contributed by atoms with Crippen LogP contribution in [0.4, 0.5) is 0 Å². The molecule has 5 heteroatoms. The molecule has 9 rings (SSSR count). The molecule has 5 nitrogen and oxygen atoms in total. The Morgan fingerprint density at radius 3 is 1.80 bits per heavy atom. The average Bonchev–Trinajstić information content (AvgIpc) is 3.70. The zero-order valence-corrected chi connectivity index (χ0v) is 26.7. The summed E-state index contributed by atoms with van der Waals surface area (Å²) in [6.07, 6.45) is 0. The van der Waals surface area contributed by atoms with Crippen LogP contribution in [0.5, 0.6) is 0 Å². The van der Waals surface area contributed by atoms with Crippen LogP contribution in [-0.4, -0.2) is 9.13 Å². The quantitative estimate of drug-likeness (QED) is 0.193. The number of aromatic nitrogens is 2. The first-order valence-electron chi connectivity index (χ1n) is 16.3. The molecule has 0 saturated heterocycles. The monoisotopic (exact) mass is 635 g/mol. The normalized spacial score (nSPS) is 11.1. The molecular weight excluding hydrogens is 611 g/mol. The summed E-state index contributed by atoms with van der Waals surface area (Å²) >= 11 is 0. The van der Waals surface area contributed by atoms with Crippen molar-refractivity contribution in [2.45, 2.75) is 0 Å². The molecule has 0 aliphatic heterocycles. The minimum atomic E-state index is 0.570. The van der Waals surface area contributed by atoms with Gasteiger partial charge in [0, 0.05) is 38.4 Å². The predicted molar refractivity (Wildman–Crippen MR) is 200 cm³/mol. The lowest BCUT2D eigenvalue weighted by Gasteiger charge is -2.16. The number of para-hydroxylation sites is 4. The highest BCUT2D eigenvalue weighted by atomic mass is 15.0. The van der Waals surface area contributed by atoms with Gasteiger partial charge < -0.3 is 9.13 Å². The lowest BCUT2D eigenvalue weighted by molar-refractivity contribution is 1.18. The summed E-state index contributed by atoms with van der Waals surface area (Å²) in [6, 6.07) is 57.8. The third-order valence-electron chi connectivity index (χ3n) is 9.65. The molecule has 0 saturated carbocycles. The second kappa shape index (κ2) is 11.4. The maximum absolute atomic E-state index is 10.3. The summed E-state index contributed by atoms with van der Waals surface area (Å²) in [5.74, 6) is 0. The van der Waals surface area contributed by atoms with E-state index < -0.39 is 0 Å². The lowest BCUT2D eigenvalue weighted by atomic mass is 9.93. The van der Waals surface area contributed by atoms with Crippen molar-refractivity contribution in [2.24, 2.45) is 0 Å². The van der Waals surface area contributed by atoms with E-state index in [1.165, 1.54) is 0 Å². The van der Waals surface area contributed by atoms with Gasteiger partial charge in [0.05, 0.1) is 56.6 Å². The first kappa shape index (κ1) is 28.8. The van der Waals surface area contributed by atoms with Crippen LogP contribution in [-0.2, 0) is 0 Å². The molecule has 0 N–H and O–H groups in total. The SMILES string of the molecule is N#Cc1ccc2c(c1)c1ccccc1n2-c1ccc(-c2ccc(C#N)c(-c3ccccc3-n3c4ccccc4c4cccc(C#N)c43)c2)cc1. The van der Waals surface area contributed by atoms with E-state index in [0.29, 0.717) is 16.7 Å². The van der Waals surface area contributed by atoms with Crippen LogP contribution in [0.1, 0.15) is 16.7 Å². The number of hydrogen-bond acceptors (Lipinski definition) is 3. The molecule has 0 bridgehead atoms. The summed E-state index contributed by atoms with van der Waals surface area (Å²) in [5, 5.41) is 34.2. The minimum Gasteiger partial charge on any atom is -0.309 e. The van der Waals surface area contributed by atoms with Gasteiger partial charge in [0.1, 0.15) is 6.07 Å². The fourth-order valence-corrected chi connectivity index (χ4v) is 7.42. The predicted octanol–water partition coefficient (Wildman–Crippen LogP) is 10.8. The molecule has 0 fully saturated rings. The summed E-state index contributed by atoms with van der Waals surface area (Å²) in [5.41, 5.74) is 11.4. The molecule has 0 spiro atoms. The second-order valence-corrected chi connectivity index (χ2v) is 12.3. The van der Waals surface area contributed by atoms with E-state index in [2.05, 4.69) is 94.1 Å². The number of rotatable bonds is 4. The first-order valence-corrected chi connectivity index (χ1v) is 16.3. The van der Waals surface area contributed by atoms with Crippen molar-refractivity contribution < 1.29 is 0 Å². The van der Waals surface area contributed by atoms with Crippen molar-refractivity contribution in [1.29, 1.82) is 15.8 Å². The molecular formula is C45H25N5. The molecule has 0 aliphatic carbocycles. The van der Waals surface area contributed by atoms with Gasteiger partial charge in [-0.2, -0.15) is 15.8 Å². The topological polar surface area (TPSA) is 81.2 Å². The Kier molecular flexibility index (Phi) is 6.56. The van der Waals surface area contributed by atoms with Crippen molar-refractivity contribution in [3.8, 4) is 51.8 Å². The van der Waals surface area contributed by atoms with E-state index >= 15 is 0 Å². The van der Waals surface area contributed by atoms with E-state index in [-0.39, 0.29) is 0 Å². The molecule has 0 aliphatic rings. The van der Waals surface area contributed by atoms with Crippen molar-refractivity contribution in [2.75, 3.05) is 0 Å². The number of fused-ring (bicyclic) bond motifs is 6. The molecule has 0 radical (unpaired) electrons. The smallest absolute Gasteiger partial charge is 0.101 e. The summed E-state index contributed by atoms with van der Waals surface area (Å²) < 4.78 is 4.39. The lowest BCUT2D eigenvalue weighted by Crippen LogP contribution is -1.99. The van der Waals surface area contributed by atoms with Crippen LogP contribution in [0.3, 0.4) is 0 Å². The van der Waals surface area contributed by atoms with Gasteiger partial charge in [-0.1, -0.05) is 84.9 Å². The Balaban J connectivity index is 1.20. The van der Waals surface area contributed by atoms with Crippen LogP contribution in [0.15, 0.2) is 152 Å². The van der Waals surface area contributed by atoms with Crippen molar-refractivity contribution in [3.05, 3.63) is 168 Å². The van der Waals surface area contributed by atoms with E-state index in [9.17, 15) is 15.8 Å². The zero-order chi connectivity index (χ0) is 33.8. The number of hydrogen-bond donors (Lipinski definition) is 0. The molecule has 230 valence electrons. The number of benzene rings is 7. The Bertz CT molecular complexity index is 2960. The summed E-state index contributed by atoms with van der Waals surface area (Å²) in [6.45, 7) is 0. The van der Waals surface area contributed by atoms with Gasteiger partial charge in [-0.15, -0.1) is 0 Å². The van der Waals surface area contributed by atoms with Gasteiger partial charge in [-0.3, -0.25) is 0 Å². The third kappa shape index (κ3) is 4.31. The van der Waals surface area contributed by atoms with Gasteiger partial charge in [-0.05, 0) is 77.9 Å². The van der Waals surface area contributed by atoms with Gasteiger partial charge in [0.25, 0.3) is 0 Å². The molecule has 50 heavy (non-hydrogen) atoms. The van der Waals surface area contributed by atoms with Crippen molar-refractivity contribution in [1.82, 2.24) is 9.13 Å². The highest BCUT2D eigenvalue weighted by molar-refractivity contribution is 6.12. The summed E-state index contributed by atoms with van der Waals surface area (Å²) in [7, 11) is 0. The van der Waals surface area contributed by atoms with E-state index in [4.69, 9.17) is 0 Å². The van der Waals surface area contributed by atoms with Gasteiger partial charge in [0.15, 0.2) is 0 Å². The number of nitrogens with zero attached hydrogens (tertiary/aromatic N) is 5. The fourth-order valence-electron chi connectivity index (χ4n) is 7.42. The van der Waals surface area contributed by atoms with Crippen molar-refractivity contribution in [3.63, 3.8) is 0 Å². The highest BCUT2D eigenvalue weighted by Crippen LogP contribution is 2.40. The maximum atomic E-state index is 10.3. The standard InChI is InChI=1S/C45H25N5/c46-26-29-16-23-44-40(24-29)37-11-3-4-13-41(37)49(44)34-21-19-30(20-22-34)31-17-18-32(27-47)39(25-31)36-10-2-6-15-43(36)50-42-14-5-1-9-35(42)38-12-7-8-33(28-48)45(38)50/h1-25H. The van der Waals surface area contributed by atoms with E-state index in [1.807, 2.05) is 84.9 Å². The number of nitriles is 3. The van der Waals surface area contributed by atoms with Crippen LogP contribution in [0.25, 0.3) is 77.2 Å². The zero-order valence-electron chi connectivity index (χ0n) is 26.7.